The smallest absolute Gasteiger partial charge is 0.326 e. The van der Waals surface area contributed by atoms with Crippen molar-refractivity contribution in [1.29, 1.82) is 0 Å². The Labute approximate surface area is 109 Å². The van der Waals surface area contributed by atoms with Gasteiger partial charge in [-0.05, 0) is 25.5 Å². The summed E-state index contributed by atoms with van der Waals surface area (Å²) < 4.78 is 0. The van der Waals surface area contributed by atoms with Crippen molar-refractivity contribution in [2.24, 2.45) is 0 Å². The molecule has 0 aliphatic carbocycles. The summed E-state index contributed by atoms with van der Waals surface area (Å²) in [6.45, 7) is 2.99. The molecule has 0 aliphatic rings. The van der Waals surface area contributed by atoms with E-state index in [9.17, 15) is 19.7 Å². The summed E-state index contributed by atoms with van der Waals surface area (Å²) >= 11 is 0. The van der Waals surface area contributed by atoms with Crippen LogP contribution < -0.4 is 0 Å². The van der Waals surface area contributed by atoms with Crippen LogP contribution in [0.1, 0.15) is 22.8 Å². The third kappa shape index (κ3) is 3.27. The zero-order chi connectivity index (χ0) is 14.7. The van der Waals surface area contributed by atoms with Crippen molar-refractivity contribution in [3.63, 3.8) is 0 Å². The molecule has 0 saturated carbocycles. The van der Waals surface area contributed by atoms with Crippen molar-refractivity contribution in [1.82, 2.24) is 4.90 Å². The molecule has 0 aromatic heterocycles. The monoisotopic (exact) mass is 266 g/mol. The molecule has 0 fully saturated rings. The molecule has 1 rings (SSSR count). The second-order valence-corrected chi connectivity index (χ2v) is 4.24. The van der Waals surface area contributed by atoms with E-state index in [-0.39, 0.29) is 11.3 Å². The molecule has 1 aromatic carbocycles. The SMILES string of the molecule is Cc1cc(C(=O)N(C)C(C)C(=O)O)cc([N+](=O)[O-])c1. The van der Waals surface area contributed by atoms with Gasteiger partial charge in [0.15, 0.2) is 0 Å². The molecule has 19 heavy (non-hydrogen) atoms. The third-order valence-electron chi connectivity index (χ3n) is 2.78. The molecule has 1 aromatic rings. The number of rotatable bonds is 4. The minimum absolute atomic E-state index is 0.0994. The highest BCUT2D eigenvalue weighted by Crippen LogP contribution is 2.18. The molecule has 1 N–H and O–H groups in total. The van der Waals surface area contributed by atoms with Crippen LogP contribution in [0.5, 0.6) is 0 Å². The molecular weight excluding hydrogens is 252 g/mol. The number of carboxylic acid groups (broad SMARTS) is 1. The highest BCUT2D eigenvalue weighted by atomic mass is 16.6. The number of benzene rings is 1. The molecule has 0 bridgehead atoms. The van der Waals surface area contributed by atoms with Crippen molar-refractivity contribution in [3.05, 3.63) is 39.4 Å². The number of hydrogen-bond acceptors (Lipinski definition) is 4. The Morgan fingerprint density at radius 3 is 2.42 bits per heavy atom. The number of aryl methyl sites for hydroxylation is 1. The quantitative estimate of drug-likeness (QED) is 0.656. The number of amides is 1. The maximum absolute atomic E-state index is 12.1. The zero-order valence-corrected chi connectivity index (χ0v) is 10.8. The van der Waals surface area contributed by atoms with E-state index in [0.29, 0.717) is 5.56 Å². The minimum atomic E-state index is -1.14. The first-order valence-electron chi connectivity index (χ1n) is 5.50. The molecule has 7 nitrogen and oxygen atoms in total. The Balaban J connectivity index is 3.12. The van der Waals surface area contributed by atoms with Gasteiger partial charge >= 0.3 is 5.97 Å². The lowest BCUT2D eigenvalue weighted by Crippen LogP contribution is -2.40. The number of hydrogen-bond donors (Lipinski definition) is 1. The summed E-state index contributed by atoms with van der Waals surface area (Å²) in [5.41, 5.74) is 0.468. The van der Waals surface area contributed by atoms with Gasteiger partial charge in [0, 0.05) is 24.7 Å². The van der Waals surface area contributed by atoms with E-state index in [1.54, 1.807) is 6.92 Å². The molecule has 0 aliphatic heterocycles. The van der Waals surface area contributed by atoms with Gasteiger partial charge in [-0.25, -0.2) is 4.79 Å². The second-order valence-electron chi connectivity index (χ2n) is 4.24. The van der Waals surface area contributed by atoms with Gasteiger partial charge in [0.1, 0.15) is 6.04 Å². The molecule has 1 unspecified atom stereocenters. The zero-order valence-electron chi connectivity index (χ0n) is 10.8. The fourth-order valence-corrected chi connectivity index (χ4v) is 1.54. The van der Waals surface area contributed by atoms with Gasteiger partial charge in [0.2, 0.25) is 0 Å². The predicted octanol–water partition coefficient (Wildman–Crippen LogP) is 1.45. The minimum Gasteiger partial charge on any atom is -0.480 e. The summed E-state index contributed by atoms with van der Waals surface area (Å²) in [7, 11) is 1.34. The fraction of sp³-hybridized carbons (Fsp3) is 0.333. The molecule has 0 spiro atoms. The number of aliphatic carboxylic acids is 1. The van der Waals surface area contributed by atoms with Gasteiger partial charge in [0.05, 0.1) is 4.92 Å². The molecule has 1 atom stereocenters. The maximum atomic E-state index is 12.1. The summed E-state index contributed by atoms with van der Waals surface area (Å²) in [4.78, 5) is 34.0. The van der Waals surface area contributed by atoms with Crippen molar-refractivity contribution >= 4 is 17.6 Å². The Morgan fingerprint density at radius 1 is 1.37 bits per heavy atom. The standard InChI is InChI=1S/C12H14N2O5/c1-7-4-9(6-10(5-7)14(18)19)11(15)13(3)8(2)12(16)17/h4-6,8H,1-3H3,(H,16,17). The van der Waals surface area contributed by atoms with Gasteiger partial charge in [-0.3, -0.25) is 14.9 Å². The normalized spacial score (nSPS) is 11.7. The van der Waals surface area contributed by atoms with Crippen LogP contribution in [0.15, 0.2) is 18.2 Å². The average molecular weight is 266 g/mol. The van der Waals surface area contributed by atoms with E-state index in [1.165, 1.54) is 26.1 Å². The van der Waals surface area contributed by atoms with Crippen LogP contribution in [0.25, 0.3) is 0 Å². The van der Waals surface area contributed by atoms with Gasteiger partial charge in [-0.15, -0.1) is 0 Å². The lowest BCUT2D eigenvalue weighted by molar-refractivity contribution is -0.384. The highest BCUT2D eigenvalue weighted by molar-refractivity contribution is 5.97. The van der Waals surface area contributed by atoms with E-state index < -0.39 is 22.8 Å². The number of nitrogens with zero attached hydrogens (tertiary/aromatic N) is 2. The van der Waals surface area contributed by atoms with Crippen LogP contribution in [0.3, 0.4) is 0 Å². The van der Waals surface area contributed by atoms with E-state index in [1.807, 2.05) is 0 Å². The second kappa shape index (κ2) is 5.47. The molecule has 102 valence electrons. The van der Waals surface area contributed by atoms with E-state index in [2.05, 4.69) is 0 Å². The Hall–Kier alpha value is -2.44. The van der Waals surface area contributed by atoms with Gasteiger partial charge in [-0.2, -0.15) is 0 Å². The number of carbonyl (C=O) groups excluding carboxylic acids is 1. The average Bonchev–Trinajstić information content (AvgIpc) is 2.35. The lowest BCUT2D eigenvalue weighted by Gasteiger charge is -2.21. The van der Waals surface area contributed by atoms with Crippen LogP contribution in [-0.2, 0) is 4.79 Å². The Morgan fingerprint density at radius 2 is 1.95 bits per heavy atom. The van der Waals surface area contributed by atoms with E-state index >= 15 is 0 Å². The fourth-order valence-electron chi connectivity index (χ4n) is 1.54. The number of carboxylic acids is 1. The summed E-state index contributed by atoms with van der Waals surface area (Å²) in [6, 6.07) is 2.96. The largest absolute Gasteiger partial charge is 0.480 e. The Kier molecular flexibility index (Phi) is 4.21. The topological polar surface area (TPSA) is 101 Å². The molecule has 0 heterocycles. The first kappa shape index (κ1) is 14.6. The van der Waals surface area contributed by atoms with Crippen molar-refractivity contribution < 1.29 is 19.6 Å². The predicted molar refractivity (Wildman–Crippen MR) is 67.0 cm³/mol. The van der Waals surface area contributed by atoms with Crippen LogP contribution in [-0.4, -0.2) is 39.9 Å². The molecule has 0 radical (unpaired) electrons. The van der Waals surface area contributed by atoms with Crippen molar-refractivity contribution in [3.8, 4) is 0 Å². The molecule has 1 amide bonds. The van der Waals surface area contributed by atoms with Gasteiger partial charge in [0.25, 0.3) is 11.6 Å². The molecular formula is C12H14N2O5. The van der Waals surface area contributed by atoms with Crippen LogP contribution in [0.4, 0.5) is 5.69 Å². The molecule has 7 heteroatoms. The number of non-ortho nitro benzene ring substituents is 1. The summed E-state index contributed by atoms with van der Waals surface area (Å²) in [6.07, 6.45) is 0. The summed E-state index contributed by atoms with van der Waals surface area (Å²) in [5.74, 6) is -1.71. The van der Waals surface area contributed by atoms with Crippen LogP contribution in [0.2, 0.25) is 0 Å². The highest BCUT2D eigenvalue weighted by Gasteiger charge is 2.24. The van der Waals surface area contributed by atoms with Crippen molar-refractivity contribution in [2.75, 3.05) is 7.05 Å². The first-order chi connectivity index (χ1) is 8.73. The maximum Gasteiger partial charge on any atom is 0.326 e. The van der Waals surface area contributed by atoms with Gasteiger partial charge < -0.3 is 10.0 Å². The van der Waals surface area contributed by atoms with Crippen LogP contribution in [0, 0.1) is 17.0 Å². The van der Waals surface area contributed by atoms with Crippen LogP contribution >= 0.6 is 0 Å². The van der Waals surface area contributed by atoms with E-state index in [4.69, 9.17) is 5.11 Å². The lowest BCUT2D eigenvalue weighted by atomic mass is 10.1. The van der Waals surface area contributed by atoms with Crippen molar-refractivity contribution in [2.45, 2.75) is 19.9 Å². The number of nitro benzene ring substituents is 1. The van der Waals surface area contributed by atoms with Gasteiger partial charge in [-0.1, -0.05) is 0 Å². The Bertz CT molecular complexity index is 541. The third-order valence-corrected chi connectivity index (χ3v) is 2.78. The van der Waals surface area contributed by atoms with E-state index in [0.717, 1.165) is 11.0 Å². The first-order valence-corrected chi connectivity index (χ1v) is 5.50. The number of nitro groups is 1. The molecule has 0 saturated heterocycles. The number of likely N-dealkylation sites (N-methyl/N-ethyl adjacent to an activating group) is 1. The number of carbonyl (C=O) groups is 2. The summed E-state index contributed by atoms with van der Waals surface area (Å²) in [5, 5.41) is 19.6.